The Balaban J connectivity index is 2.44. The van der Waals surface area contributed by atoms with Crippen LogP contribution in [0.15, 0.2) is 48.3 Å². The third kappa shape index (κ3) is 8.34. The van der Waals surface area contributed by atoms with Crippen molar-refractivity contribution in [2.75, 3.05) is 0 Å². The first kappa shape index (κ1) is 19.1. The first-order valence-electron chi connectivity index (χ1n) is 8.70. The van der Waals surface area contributed by atoms with Gasteiger partial charge >= 0.3 is 0 Å². The van der Waals surface area contributed by atoms with Gasteiger partial charge in [0.15, 0.2) is 0 Å². The van der Waals surface area contributed by atoms with Crippen LogP contribution >= 0.6 is 0 Å². The molecule has 1 atom stereocenters. The molecule has 0 saturated carbocycles. The molecule has 1 aromatic rings. The summed E-state index contributed by atoms with van der Waals surface area (Å²) in [6, 6.07) is 4.04. The molecular weight excluding hydrogens is 284 g/mol. The monoisotopic (exact) mass is 314 g/mol. The van der Waals surface area contributed by atoms with Crippen LogP contribution in [-0.2, 0) is 11.2 Å². The first-order valence-corrected chi connectivity index (χ1v) is 8.70. The van der Waals surface area contributed by atoms with Crippen molar-refractivity contribution in [2.45, 2.75) is 58.8 Å². The molecule has 0 spiro atoms. The van der Waals surface area contributed by atoms with Gasteiger partial charge in [-0.05, 0) is 49.7 Å². The third-order valence-electron chi connectivity index (χ3n) is 4.03. The first-order chi connectivity index (χ1) is 11.1. The second-order valence-electron chi connectivity index (χ2n) is 6.06. The lowest BCUT2D eigenvalue weighted by Gasteiger charge is -2.12. The van der Waals surface area contributed by atoms with E-state index in [0.29, 0.717) is 0 Å². The van der Waals surface area contributed by atoms with Gasteiger partial charge in [0.25, 0.3) is 0 Å². The number of primary amides is 1. The number of nitrogens with two attached hydrogens (primary N) is 1. The third-order valence-corrected chi connectivity index (χ3v) is 4.03. The van der Waals surface area contributed by atoms with Gasteiger partial charge in [-0.15, -0.1) is 0 Å². The number of hydrogen-bond donors (Lipinski definition) is 1. The van der Waals surface area contributed by atoms with Crippen LogP contribution in [0.5, 0.6) is 0 Å². The minimum absolute atomic E-state index is 0.185. The number of pyridine rings is 1. The molecule has 0 bridgehead atoms. The van der Waals surface area contributed by atoms with Crippen molar-refractivity contribution < 1.29 is 4.79 Å². The molecule has 0 aliphatic heterocycles. The summed E-state index contributed by atoms with van der Waals surface area (Å²) in [4.78, 5) is 15.8. The Morgan fingerprint density at radius 2 is 2.17 bits per heavy atom. The number of nitrogens with zero attached hydrogens (tertiary/aromatic N) is 1. The molecule has 0 aromatic carbocycles. The van der Waals surface area contributed by atoms with Crippen molar-refractivity contribution >= 4 is 5.91 Å². The van der Waals surface area contributed by atoms with Gasteiger partial charge in [0.05, 0.1) is 0 Å². The van der Waals surface area contributed by atoms with Crippen LogP contribution in [-0.4, -0.2) is 10.9 Å². The Morgan fingerprint density at radius 3 is 2.83 bits per heavy atom. The number of aryl methyl sites for hydroxylation is 1. The molecule has 1 amide bonds. The fourth-order valence-electron chi connectivity index (χ4n) is 2.58. The Hall–Kier alpha value is -1.90. The molecule has 3 nitrogen and oxygen atoms in total. The normalized spacial score (nSPS) is 13.4. The molecule has 0 saturated heterocycles. The Kier molecular flexibility index (Phi) is 9.69. The lowest BCUT2D eigenvalue weighted by Crippen LogP contribution is -2.19. The van der Waals surface area contributed by atoms with E-state index in [1.807, 2.05) is 24.4 Å². The molecule has 1 aromatic heterocycles. The molecule has 0 aliphatic rings. The van der Waals surface area contributed by atoms with Crippen LogP contribution < -0.4 is 5.73 Å². The number of allylic oxidation sites excluding steroid dienone is 3. The van der Waals surface area contributed by atoms with E-state index in [1.165, 1.54) is 24.8 Å². The summed E-state index contributed by atoms with van der Waals surface area (Å²) in [5.41, 5.74) is 7.49. The zero-order valence-electron chi connectivity index (χ0n) is 14.5. The van der Waals surface area contributed by atoms with E-state index >= 15 is 0 Å². The summed E-state index contributed by atoms with van der Waals surface area (Å²) in [7, 11) is 0. The second kappa shape index (κ2) is 11.6. The van der Waals surface area contributed by atoms with Gasteiger partial charge in [-0.2, -0.15) is 0 Å². The predicted octanol–water partition coefficient (Wildman–Crippen LogP) is 4.59. The van der Waals surface area contributed by atoms with Crippen LogP contribution in [0.25, 0.3) is 0 Å². The Morgan fingerprint density at radius 1 is 1.35 bits per heavy atom. The van der Waals surface area contributed by atoms with E-state index in [4.69, 9.17) is 5.73 Å². The average Bonchev–Trinajstić information content (AvgIpc) is 2.54. The van der Waals surface area contributed by atoms with Crippen molar-refractivity contribution in [3.63, 3.8) is 0 Å². The highest BCUT2D eigenvalue weighted by atomic mass is 16.1. The summed E-state index contributed by atoms with van der Waals surface area (Å²) in [5, 5.41) is 0. The molecule has 1 unspecified atom stereocenters. The lowest BCUT2D eigenvalue weighted by atomic mass is 9.93. The number of hydrogen-bond acceptors (Lipinski definition) is 2. The minimum Gasteiger partial charge on any atom is -0.366 e. The lowest BCUT2D eigenvalue weighted by molar-refractivity contribution is -0.115. The molecule has 1 heterocycles. The number of aromatic nitrogens is 1. The molecule has 23 heavy (non-hydrogen) atoms. The molecule has 0 radical (unpaired) electrons. The zero-order chi connectivity index (χ0) is 16.9. The molecule has 1 rings (SSSR count). The highest BCUT2D eigenvalue weighted by molar-refractivity contribution is 5.92. The summed E-state index contributed by atoms with van der Waals surface area (Å²) in [5.74, 6) is -0.124. The van der Waals surface area contributed by atoms with E-state index in [1.54, 1.807) is 6.20 Å². The average molecular weight is 314 g/mol. The van der Waals surface area contributed by atoms with Gasteiger partial charge in [-0.3, -0.25) is 9.78 Å². The molecular formula is C20H30N2O. The van der Waals surface area contributed by atoms with Gasteiger partial charge in [-0.1, -0.05) is 51.0 Å². The van der Waals surface area contributed by atoms with Gasteiger partial charge in [0.2, 0.25) is 5.91 Å². The van der Waals surface area contributed by atoms with Crippen molar-refractivity contribution in [2.24, 2.45) is 11.7 Å². The maximum Gasteiger partial charge on any atom is 0.244 e. The van der Waals surface area contributed by atoms with Gasteiger partial charge in [0, 0.05) is 18.0 Å². The highest BCUT2D eigenvalue weighted by Gasteiger charge is 2.13. The fourth-order valence-corrected chi connectivity index (χ4v) is 2.58. The smallest absolute Gasteiger partial charge is 0.244 e. The van der Waals surface area contributed by atoms with E-state index in [9.17, 15) is 4.79 Å². The predicted molar refractivity (Wildman–Crippen MR) is 96.9 cm³/mol. The van der Waals surface area contributed by atoms with Gasteiger partial charge in [0.1, 0.15) is 0 Å². The van der Waals surface area contributed by atoms with E-state index < -0.39 is 0 Å². The number of carbonyl (C=O) groups excluding carboxylic acids is 1. The number of carbonyl (C=O) groups is 1. The van der Waals surface area contributed by atoms with Crippen LogP contribution in [0.2, 0.25) is 0 Å². The largest absolute Gasteiger partial charge is 0.366 e. The minimum atomic E-state index is -0.308. The van der Waals surface area contributed by atoms with Crippen LogP contribution in [0.4, 0.5) is 0 Å². The number of amides is 1. The standard InChI is InChI=1S/C20H30N2O/c1-3-4-5-6-7-8-14-19(20(21)23)17(2)11-9-12-18-13-10-15-22-16-18/h7-8,10,13-17H,3-6,9,11-12H2,1-2H3,(H2,21,23)/b8-7+,19-14+. The van der Waals surface area contributed by atoms with Gasteiger partial charge < -0.3 is 5.73 Å². The topological polar surface area (TPSA) is 56.0 Å². The highest BCUT2D eigenvalue weighted by Crippen LogP contribution is 2.18. The summed E-state index contributed by atoms with van der Waals surface area (Å²) < 4.78 is 0. The number of rotatable bonds is 11. The summed E-state index contributed by atoms with van der Waals surface area (Å²) >= 11 is 0. The van der Waals surface area contributed by atoms with Crippen LogP contribution in [0.1, 0.15) is 57.9 Å². The second-order valence-corrected chi connectivity index (χ2v) is 6.06. The SMILES string of the molecule is CCCCC/C=C/C=C(/C(N)=O)C(C)CCCc1cccnc1. The number of unbranched alkanes of at least 4 members (excludes halogenated alkanes) is 3. The van der Waals surface area contributed by atoms with Crippen molar-refractivity contribution in [1.82, 2.24) is 4.98 Å². The van der Waals surface area contributed by atoms with E-state index in [2.05, 4.69) is 31.0 Å². The molecule has 126 valence electrons. The van der Waals surface area contributed by atoms with Crippen molar-refractivity contribution in [3.05, 3.63) is 53.9 Å². The van der Waals surface area contributed by atoms with Crippen LogP contribution in [0.3, 0.4) is 0 Å². The van der Waals surface area contributed by atoms with Crippen molar-refractivity contribution in [1.29, 1.82) is 0 Å². The quantitative estimate of drug-likeness (QED) is 0.369. The van der Waals surface area contributed by atoms with Gasteiger partial charge in [-0.25, -0.2) is 0 Å². The maximum absolute atomic E-state index is 11.7. The summed E-state index contributed by atoms with van der Waals surface area (Å²) in [6.45, 7) is 4.27. The molecule has 3 heteroatoms. The fraction of sp³-hybridized carbons (Fsp3) is 0.500. The van der Waals surface area contributed by atoms with E-state index in [-0.39, 0.29) is 11.8 Å². The summed E-state index contributed by atoms with van der Waals surface area (Å²) in [6.07, 6.45) is 17.4. The molecule has 0 fully saturated rings. The zero-order valence-corrected chi connectivity index (χ0v) is 14.5. The van der Waals surface area contributed by atoms with Crippen molar-refractivity contribution in [3.8, 4) is 0 Å². The Bertz CT molecular complexity index is 506. The Labute approximate surface area is 140 Å². The maximum atomic E-state index is 11.7. The molecule has 2 N–H and O–H groups in total. The molecule has 0 aliphatic carbocycles. The van der Waals surface area contributed by atoms with Crippen LogP contribution in [0, 0.1) is 5.92 Å². The van der Waals surface area contributed by atoms with E-state index in [0.717, 1.165) is 31.3 Å².